The molecular weight excluding hydrogens is 260 g/mol. The topological polar surface area (TPSA) is 38.7 Å². The van der Waals surface area contributed by atoms with Crippen molar-refractivity contribution in [2.75, 3.05) is 25.6 Å². The number of aliphatic hydroxyl groups is 1. The van der Waals surface area contributed by atoms with Crippen molar-refractivity contribution in [3.8, 4) is 0 Å². The molecule has 0 saturated carbocycles. The Kier molecular flexibility index (Phi) is 4.14. The van der Waals surface area contributed by atoms with E-state index in [2.05, 4.69) is 6.92 Å². The van der Waals surface area contributed by atoms with Crippen molar-refractivity contribution < 1.29 is 14.6 Å². The predicted octanol–water partition coefficient (Wildman–Crippen LogP) is 2.61. The molecule has 4 heteroatoms. The Hall–Kier alpha value is 0.230. The van der Waals surface area contributed by atoms with Crippen LogP contribution in [0.25, 0.3) is 0 Å². The van der Waals surface area contributed by atoms with Gasteiger partial charge < -0.3 is 14.6 Å². The lowest BCUT2D eigenvalue weighted by atomic mass is 9.70. The Labute approximate surface area is 120 Å². The first-order valence-corrected chi connectivity index (χ1v) is 8.75. The van der Waals surface area contributed by atoms with Crippen LogP contribution in [0.5, 0.6) is 0 Å². The molecule has 0 aromatic rings. The minimum absolute atomic E-state index is 0.00126. The van der Waals surface area contributed by atoms with E-state index in [1.807, 2.05) is 11.8 Å². The summed E-state index contributed by atoms with van der Waals surface area (Å²) in [6, 6.07) is 0. The fraction of sp³-hybridized carbons (Fsp3) is 1.00. The Morgan fingerprint density at radius 2 is 1.95 bits per heavy atom. The van der Waals surface area contributed by atoms with Crippen molar-refractivity contribution in [3.63, 3.8) is 0 Å². The van der Waals surface area contributed by atoms with Crippen molar-refractivity contribution >= 4 is 11.8 Å². The monoisotopic (exact) mass is 286 g/mol. The summed E-state index contributed by atoms with van der Waals surface area (Å²) in [7, 11) is 0. The maximum absolute atomic E-state index is 11.2. The first kappa shape index (κ1) is 14.2. The summed E-state index contributed by atoms with van der Waals surface area (Å²) in [5.74, 6) is 1.60. The van der Waals surface area contributed by atoms with Gasteiger partial charge in [0.25, 0.3) is 0 Å². The lowest BCUT2D eigenvalue weighted by molar-refractivity contribution is -0.176. The summed E-state index contributed by atoms with van der Waals surface area (Å²) >= 11 is 1.94. The van der Waals surface area contributed by atoms with Crippen molar-refractivity contribution in [3.05, 3.63) is 0 Å². The smallest absolute Gasteiger partial charge is 0.0793 e. The molecule has 3 atom stereocenters. The summed E-state index contributed by atoms with van der Waals surface area (Å²) in [6.45, 7) is 4.64. The van der Waals surface area contributed by atoms with E-state index in [1.54, 1.807) is 0 Å². The lowest BCUT2D eigenvalue weighted by Gasteiger charge is -2.51. The van der Waals surface area contributed by atoms with Crippen LogP contribution in [0.3, 0.4) is 0 Å². The van der Waals surface area contributed by atoms with Gasteiger partial charge in [-0.3, -0.25) is 0 Å². The zero-order valence-corrected chi connectivity index (χ0v) is 12.7. The largest absolute Gasteiger partial charge is 0.388 e. The molecule has 1 N–H and O–H groups in total. The second-order valence-electron chi connectivity index (χ2n) is 6.44. The minimum atomic E-state index is -0.474. The molecular formula is C15H26O3S. The van der Waals surface area contributed by atoms with Gasteiger partial charge in [0, 0.05) is 25.1 Å². The summed E-state index contributed by atoms with van der Waals surface area (Å²) in [4.78, 5) is 0. The van der Waals surface area contributed by atoms with Crippen molar-refractivity contribution in [1.29, 1.82) is 0 Å². The van der Waals surface area contributed by atoms with Gasteiger partial charge in [0.05, 0.1) is 11.2 Å². The Morgan fingerprint density at radius 3 is 2.68 bits per heavy atom. The van der Waals surface area contributed by atoms with Crippen LogP contribution < -0.4 is 0 Å². The quantitative estimate of drug-likeness (QED) is 0.804. The zero-order chi connectivity index (χ0) is 13.3. The van der Waals surface area contributed by atoms with Crippen molar-refractivity contribution in [2.24, 2.45) is 5.92 Å². The second-order valence-corrected chi connectivity index (χ2v) is 7.89. The average Bonchev–Trinajstić information content (AvgIpc) is 2.43. The number of hydrogen-bond donors (Lipinski definition) is 1. The summed E-state index contributed by atoms with van der Waals surface area (Å²) < 4.78 is 11.6. The molecule has 3 saturated heterocycles. The molecule has 3 fully saturated rings. The molecule has 110 valence electrons. The first-order valence-electron chi connectivity index (χ1n) is 7.70. The maximum Gasteiger partial charge on any atom is 0.0793 e. The molecule has 0 radical (unpaired) electrons. The van der Waals surface area contributed by atoms with Gasteiger partial charge in [-0.2, -0.15) is 11.8 Å². The zero-order valence-electron chi connectivity index (χ0n) is 11.9. The molecule has 3 aliphatic heterocycles. The first-order chi connectivity index (χ1) is 9.15. The van der Waals surface area contributed by atoms with Gasteiger partial charge in [0.2, 0.25) is 0 Å². The molecule has 3 aliphatic rings. The van der Waals surface area contributed by atoms with Crippen LogP contribution in [0, 0.1) is 5.92 Å². The minimum Gasteiger partial charge on any atom is -0.388 e. The highest BCUT2D eigenvalue weighted by Crippen LogP contribution is 2.47. The van der Waals surface area contributed by atoms with E-state index in [4.69, 9.17) is 9.47 Å². The summed E-state index contributed by atoms with van der Waals surface area (Å²) in [5, 5.41) is 11.5. The fourth-order valence-corrected chi connectivity index (χ4v) is 5.31. The SMILES string of the molecule is CC1SCCCC1(O)C1CCOC2(CCOCC2)C1. The summed E-state index contributed by atoms with van der Waals surface area (Å²) in [5.41, 5.74) is -0.475. The van der Waals surface area contributed by atoms with Gasteiger partial charge in [-0.1, -0.05) is 6.92 Å². The van der Waals surface area contributed by atoms with Crippen LogP contribution in [-0.2, 0) is 9.47 Å². The van der Waals surface area contributed by atoms with Crippen LogP contribution in [0.15, 0.2) is 0 Å². The van der Waals surface area contributed by atoms with E-state index in [9.17, 15) is 5.11 Å². The highest BCUT2D eigenvalue weighted by Gasteiger charge is 2.49. The van der Waals surface area contributed by atoms with Crippen LogP contribution in [-0.4, -0.2) is 47.1 Å². The van der Waals surface area contributed by atoms with E-state index in [-0.39, 0.29) is 5.60 Å². The van der Waals surface area contributed by atoms with Crippen molar-refractivity contribution in [1.82, 2.24) is 0 Å². The molecule has 3 nitrogen and oxygen atoms in total. The molecule has 0 aliphatic carbocycles. The third kappa shape index (κ3) is 2.69. The van der Waals surface area contributed by atoms with Gasteiger partial charge >= 0.3 is 0 Å². The Balaban J connectivity index is 1.73. The molecule has 0 bridgehead atoms. The van der Waals surface area contributed by atoms with Crippen LogP contribution in [0.4, 0.5) is 0 Å². The van der Waals surface area contributed by atoms with Crippen LogP contribution in [0.1, 0.15) is 45.4 Å². The Bertz CT molecular complexity index is 311. The maximum atomic E-state index is 11.2. The Morgan fingerprint density at radius 1 is 1.16 bits per heavy atom. The number of rotatable bonds is 1. The van der Waals surface area contributed by atoms with E-state index in [0.717, 1.165) is 58.3 Å². The molecule has 0 aromatic carbocycles. The molecule has 0 aromatic heterocycles. The number of hydrogen-bond acceptors (Lipinski definition) is 4. The standard InChI is InChI=1S/C15H26O3S/c1-12-15(16,4-2-10-19-12)13-3-7-18-14(11-13)5-8-17-9-6-14/h12-13,16H,2-11H2,1H3. The number of ether oxygens (including phenoxy) is 2. The third-order valence-corrected chi connectivity index (χ3v) is 6.83. The van der Waals surface area contributed by atoms with E-state index < -0.39 is 5.60 Å². The molecule has 1 spiro atoms. The normalized spacial score (nSPS) is 43.3. The van der Waals surface area contributed by atoms with Gasteiger partial charge in [0.15, 0.2) is 0 Å². The molecule has 19 heavy (non-hydrogen) atoms. The van der Waals surface area contributed by atoms with Crippen LogP contribution in [0.2, 0.25) is 0 Å². The molecule has 3 heterocycles. The highest BCUT2D eigenvalue weighted by molar-refractivity contribution is 8.00. The van der Waals surface area contributed by atoms with Gasteiger partial charge in [0.1, 0.15) is 0 Å². The van der Waals surface area contributed by atoms with E-state index in [1.165, 1.54) is 5.75 Å². The molecule has 3 rings (SSSR count). The highest BCUT2D eigenvalue weighted by atomic mass is 32.2. The van der Waals surface area contributed by atoms with Gasteiger partial charge in [-0.25, -0.2) is 0 Å². The summed E-state index contributed by atoms with van der Waals surface area (Å²) in [6.07, 6.45) is 6.17. The molecule has 0 amide bonds. The lowest BCUT2D eigenvalue weighted by Crippen LogP contribution is -2.55. The van der Waals surface area contributed by atoms with E-state index >= 15 is 0 Å². The van der Waals surface area contributed by atoms with Crippen LogP contribution >= 0.6 is 11.8 Å². The van der Waals surface area contributed by atoms with Gasteiger partial charge in [-0.15, -0.1) is 0 Å². The third-order valence-electron chi connectivity index (χ3n) is 5.40. The number of thioether (sulfide) groups is 1. The van der Waals surface area contributed by atoms with Crippen molar-refractivity contribution in [2.45, 2.75) is 61.9 Å². The van der Waals surface area contributed by atoms with Gasteiger partial charge in [-0.05, 0) is 50.2 Å². The fourth-order valence-electron chi connectivity index (χ4n) is 4.05. The second kappa shape index (κ2) is 5.55. The predicted molar refractivity (Wildman–Crippen MR) is 77.6 cm³/mol. The average molecular weight is 286 g/mol. The molecule has 3 unspecified atom stereocenters. The van der Waals surface area contributed by atoms with E-state index in [0.29, 0.717) is 11.2 Å².